The summed E-state index contributed by atoms with van der Waals surface area (Å²) in [6.45, 7) is 1.79. The van der Waals surface area contributed by atoms with E-state index in [1.165, 1.54) is 12.1 Å². The van der Waals surface area contributed by atoms with Crippen LogP contribution in [-0.4, -0.2) is 5.78 Å². The molecule has 104 valence electrons. The van der Waals surface area contributed by atoms with Crippen LogP contribution in [0.3, 0.4) is 0 Å². The van der Waals surface area contributed by atoms with E-state index in [-0.39, 0.29) is 5.56 Å². The van der Waals surface area contributed by atoms with Crippen LogP contribution >= 0.6 is 0 Å². The summed E-state index contributed by atoms with van der Waals surface area (Å²) in [4.78, 5) is 12.6. The average molecular weight is 282 g/mol. The van der Waals surface area contributed by atoms with Crippen LogP contribution in [0.25, 0.3) is 10.8 Å². The van der Waals surface area contributed by atoms with Gasteiger partial charge < -0.3 is 0 Å². The third kappa shape index (κ3) is 2.21. The van der Waals surface area contributed by atoms with Crippen molar-refractivity contribution in [3.05, 3.63) is 82.9 Å². The molecule has 21 heavy (non-hydrogen) atoms. The maximum absolute atomic E-state index is 13.9. The molecule has 0 saturated carbocycles. The summed E-state index contributed by atoms with van der Waals surface area (Å²) in [7, 11) is 0. The lowest BCUT2D eigenvalue weighted by Crippen LogP contribution is -2.08. The van der Waals surface area contributed by atoms with Crippen molar-refractivity contribution < 1.29 is 13.6 Å². The van der Waals surface area contributed by atoms with Crippen LogP contribution in [0.2, 0.25) is 0 Å². The van der Waals surface area contributed by atoms with Gasteiger partial charge in [-0.1, -0.05) is 42.5 Å². The maximum atomic E-state index is 13.9. The van der Waals surface area contributed by atoms with Crippen molar-refractivity contribution in [1.29, 1.82) is 0 Å². The van der Waals surface area contributed by atoms with Gasteiger partial charge in [-0.3, -0.25) is 4.79 Å². The molecule has 0 aromatic heterocycles. The largest absolute Gasteiger partial charge is 0.288 e. The molecule has 3 heteroatoms. The highest BCUT2D eigenvalue weighted by Crippen LogP contribution is 2.26. The second kappa shape index (κ2) is 5.09. The molecule has 0 aliphatic carbocycles. The molecular weight excluding hydrogens is 270 g/mol. The molecule has 0 aliphatic rings. The van der Waals surface area contributed by atoms with Gasteiger partial charge in [0.25, 0.3) is 0 Å². The molecule has 0 saturated heterocycles. The van der Waals surface area contributed by atoms with Crippen LogP contribution < -0.4 is 0 Å². The fraction of sp³-hybridized carbons (Fsp3) is 0.0556. The Bertz CT molecular complexity index is 853. The summed E-state index contributed by atoms with van der Waals surface area (Å²) in [5, 5.41) is 1.63. The number of aryl methyl sites for hydroxylation is 1. The molecule has 0 radical (unpaired) electrons. The smallest absolute Gasteiger partial charge is 0.196 e. The molecule has 0 aliphatic heterocycles. The first-order valence-electron chi connectivity index (χ1n) is 6.56. The number of ketones is 1. The highest BCUT2D eigenvalue weighted by molar-refractivity contribution is 6.17. The zero-order valence-electron chi connectivity index (χ0n) is 11.4. The van der Waals surface area contributed by atoms with Crippen LogP contribution in [-0.2, 0) is 0 Å². The Labute approximate surface area is 120 Å². The Morgan fingerprint density at radius 3 is 2.48 bits per heavy atom. The highest BCUT2D eigenvalue weighted by atomic mass is 19.2. The minimum atomic E-state index is -1.10. The van der Waals surface area contributed by atoms with Gasteiger partial charge in [0.15, 0.2) is 17.4 Å². The van der Waals surface area contributed by atoms with E-state index < -0.39 is 17.4 Å². The molecule has 0 atom stereocenters. The number of hydrogen-bond donors (Lipinski definition) is 0. The van der Waals surface area contributed by atoms with Crippen molar-refractivity contribution in [2.75, 3.05) is 0 Å². The SMILES string of the molecule is Cc1ccc2ccccc2c1C(=O)c1cccc(F)c1F. The first kappa shape index (κ1) is 13.4. The van der Waals surface area contributed by atoms with Gasteiger partial charge in [0.05, 0.1) is 5.56 Å². The van der Waals surface area contributed by atoms with Crippen molar-refractivity contribution in [3.8, 4) is 0 Å². The van der Waals surface area contributed by atoms with Gasteiger partial charge in [-0.25, -0.2) is 8.78 Å². The van der Waals surface area contributed by atoms with E-state index >= 15 is 0 Å². The maximum Gasteiger partial charge on any atom is 0.196 e. The molecule has 3 aromatic carbocycles. The van der Waals surface area contributed by atoms with Crippen LogP contribution in [0, 0.1) is 18.6 Å². The molecule has 0 spiro atoms. The number of benzene rings is 3. The van der Waals surface area contributed by atoms with Gasteiger partial charge in [-0.05, 0) is 35.4 Å². The van der Waals surface area contributed by atoms with Crippen molar-refractivity contribution in [2.24, 2.45) is 0 Å². The Kier molecular flexibility index (Phi) is 3.26. The zero-order chi connectivity index (χ0) is 15.0. The average Bonchev–Trinajstić information content (AvgIpc) is 2.49. The summed E-state index contributed by atoms with van der Waals surface area (Å²) in [5.74, 6) is -2.62. The number of halogens is 2. The highest BCUT2D eigenvalue weighted by Gasteiger charge is 2.20. The van der Waals surface area contributed by atoms with E-state index in [9.17, 15) is 13.6 Å². The number of carbonyl (C=O) groups excluding carboxylic acids is 1. The monoisotopic (exact) mass is 282 g/mol. The molecule has 0 unspecified atom stereocenters. The van der Waals surface area contributed by atoms with Gasteiger partial charge in [0.2, 0.25) is 0 Å². The second-order valence-corrected chi connectivity index (χ2v) is 4.91. The lowest BCUT2D eigenvalue weighted by atomic mass is 9.93. The van der Waals surface area contributed by atoms with Gasteiger partial charge in [0.1, 0.15) is 0 Å². The van der Waals surface area contributed by atoms with E-state index in [1.54, 1.807) is 6.92 Å². The van der Waals surface area contributed by atoms with Crippen molar-refractivity contribution in [3.63, 3.8) is 0 Å². The third-order valence-corrected chi connectivity index (χ3v) is 3.56. The summed E-state index contributed by atoms with van der Waals surface area (Å²) in [6, 6.07) is 14.8. The van der Waals surface area contributed by atoms with Crippen LogP contribution in [0.5, 0.6) is 0 Å². The Balaban J connectivity index is 2.27. The predicted octanol–water partition coefficient (Wildman–Crippen LogP) is 4.66. The molecular formula is C18H12F2O. The predicted molar refractivity (Wildman–Crippen MR) is 78.5 cm³/mol. The van der Waals surface area contributed by atoms with Crippen LogP contribution in [0.4, 0.5) is 8.78 Å². The summed E-state index contributed by atoms with van der Waals surface area (Å²) in [5.41, 5.74) is 0.911. The first-order chi connectivity index (χ1) is 10.1. The lowest BCUT2D eigenvalue weighted by molar-refractivity contribution is 0.103. The molecule has 0 heterocycles. The molecule has 0 N–H and O–H groups in total. The standard InChI is InChI=1S/C18H12F2O/c1-11-9-10-12-5-2-3-6-13(12)16(11)18(21)14-7-4-8-15(19)17(14)20/h2-10H,1H3. The number of rotatable bonds is 2. The van der Waals surface area contributed by atoms with E-state index in [2.05, 4.69) is 0 Å². The van der Waals surface area contributed by atoms with Crippen LogP contribution in [0.1, 0.15) is 21.5 Å². The van der Waals surface area contributed by atoms with Crippen LogP contribution in [0.15, 0.2) is 54.6 Å². The summed E-state index contributed by atoms with van der Waals surface area (Å²) in [6.07, 6.45) is 0. The van der Waals surface area contributed by atoms with Gasteiger partial charge in [0, 0.05) is 5.56 Å². The zero-order valence-corrected chi connectivity index (χ0v) is 11.4. The molecule has 3 aromatic rings. The quantitative estimate of drug-likeness (QED) is 0.625. The number of carbonyl (C=O) groups is 1. The number of hydrogen-bond acceptors (Lipinski definition) is 1. The minimum absolute atomic E-state index is 0.241. The van der Waals surface area contributed by atoms with Crippen molar-refractivity contribution >= 4 is 16.6 Å². The van der Waals surface area contributed by atoms with E-state index in [4.69, 9.17) is 0 Å². The second-order valence-electron chi connectivity index (χ2n) is 4.91. The van der Waals surface area contributed by atoms with Gasteiger partial charge >= 0.3 is 0 Å². The topological polar surface area (TPSA) is 17.1 Å². The fourth-order valence-corrected chi connectivity index (χ4v) is 2.50. The molecule has 0 fully saturated rings. The molecule has 0 amide bonds. The molecule has 3 rings (SSSR count). The number of fused-ring (bicyclic) bond motifs is 1. The van der Waals surface area contributed by atoms with E-state index in [0.29, 0.717) is 5.56 Å². The summed E-state index contributed by atoms with van der Waals surface area (Å²) >= 11 is 0. The Hall–Kier alpha value is -2.55. The van der Waals surface area contributed by atoms with Gasteiger partial charge in [-0.2, -0.15) is 0 Å². The molecule has 0 bridgehead atoms. The normalized spacial score (nSPS) is 10.8. The van der Waals surface area contributed by atoms with Crippen molar-refractivity contribution in [1.82, 2.24) is 0 Å². The molecule has 1 nitrogen and oxygen atoms in total. The third-order valence-electron chi connectivity index (χ3n) is 3.56. The lowest BCUT2D eigenvalue weighted by Gasteiger charge is -2.10. The van der Waals surface area contributed by atoms with E-state index in [1.807, 2.05) is 36.4 Å². The fourth-order valence-electron chi connectivity index (χ4n) is 2.50. The van der Waals surface area contributed by atoms with Crippen molar-refractivity contribution in [2.45, 2.75) is 6.92 Å². The first-order valence-corrected chi connectivity index (χ1v) is 6.56. The Morgan fingerprint density at radius 1 is 0.905 bits per heavy atom. The summed E-state index contributed by atoms with van der Waals surface area (Å²) < 4.78 is 27.2. The Morgan fingerprint density at radius 2 is 1.67 bits per heavy atom. The minimum Gasteiger partial charge on any atom is -0.288 e. The van der Waals surface area contributed by atoms with E-state index in [0.717, 1.165) is 22.4 Å². The van der Waals surface area contributed by atoms with Gasteiger partial charge in [-0.15, -0.1) is 0 Å².